The summed E-state index contributed by atoms with van der Waals surface area (Å²) in [4.78, 5) is 0. The lowest BCUT2D eigenvalue weighted by atomic mass is 10.1. The average Bonchev–Trinajstić information content (AvgIpc) is 2.19. The zero-order valence-electron chi connectivity index (χ0n) is 8.56. The van der Waals surface area contributed by atoms with Crippen molar-refractivity contribution in [1.82, 2.24) is 0 Å². The van der Waals surface area contributed by atoms with E-state index in [1.165, 1.54) is 5.57 Å². The van der Waals surface area contributed by atoms with Crippen molar-refractivity contribution in [3.05, 3.63) is 45.5 Å². The van der Waals surface area contributed by atoms with Crippen LogP contribution in [-0.4, -0.2) is 5.33 Å². The first-order chi connectivity index (χ1) is 7.13. The molecule has 1 rings (SSSR count). The number of alkyl halides is 1. The van der Waals surface area contributed by atoms with Crippen molar-refractivity contribution in [2.24, 2.45) is 0 Å². The molecule has 1 aromatic rings. The fourth-order valence-corrected chi connectivity index (χ4v) is 2.04. The smallest absolute Gasteiger partial charge is 0.0456 e. The first-order valence-corrected chi connectivity index (χ1v) is 6.66. The highest BCUT2D eigenvalue weighted by Crippen LogP contribution is 2.23. The number of rotatable bonds is 4. The molecule has 0 saturated heterocycles. The highest BCUT2D eigenvalue weighted by molar-refractivity contribution is 9.09. The molecule has 0 aliphatic heterocycles. The van der Waals surface area contributed by atoms with Crippen molar-refractivity contribution in [3.8, 4) is 0 Å². The van der Waals surface area contributed by atoms with Gasteiger partial charge in [0, 0.05) is 15.4 Å². The van der Waals surface area contributed by atoms with Crippen molar-refractivity contribution >= 4 is 39.1 Å². The molecular weight excluding hydrogens is 295 g/mol. The zero-order chi connectivity index (χ0) is 11.3. The predicted octanol–water partition coefficient (Wildman–Crippen LogP) is 5.27. The molecule has 82 valence electrons. The van der Waals surface area contributed by atoms with Gasteiger partial charge in [-0.2, -0.15) is 0 Å². The van der Waals surface area contributed by atoms with E-state index in [0.29, 0.717) is 5.02 Å². The molecule has 3 heteroatoms. The minimum absolute atomic E-state index is 0.686. The summed E-state index contributed by atoms with van der Waals surface area (Å²) in [7, 11) is 0. The van der Waals surface area contributed by atoms with Crippen LogP contribution in [0.2, 0.25) is 10.0 Å². The van der Waals surface area contributed by atoms with Crippen molar-refractivity contribution < 1.29 is 0 Å². The maximum atomic E-state index is 6.09. The standard InChI is InChI=1S/C12H13BrCl2/c1-9(3-2-6-13)7-10-4-5-11(14)8-12(10)15/h3-5,8H,2,6-7H2,1H3. The Balaban J connectivity index is 2.72. The van der Waals surface area contributed by atoms with E-state index < -0.39 is 0 Å². The summed E-state index contributed by atoms with van der Waals surface area (Å²) in [6, 6.07) is 5.65. The van der Waals surface area contributed by atoms with Crippen LogP contribution in [0.4, 0.5) is 0 Å². The zero-order valence-corrected chi connectivity index (χ0v) is 11.7. The number of hydrogen-bond acceptors (Lipinski definition) is 0. The van der Waals surface area contributed by atoms with Gasteiger partial charge in [0.1, 0.15) is 0 Å². The lowest BCUT2D eigenvalue weighted by Crippen LogP contribution is -1.88. The van der Waals surface area contributed by atoms with Gasteiger partial charge in [-0.25, -0.2) is 0 Å². The second-order valence-corrected chi connectivity index (χ2v) is 5.08. The van der Waals surface area contributed by atoms with E-state index in [2.05, 4.69) is 28.9 Å². The van der Waals surface area contributed by atoms with Crippen LogP contribution in [0.3, 0.4) is 0 Å². The summed E-state index contributed by atoms with van der Waals surface area (Å²) in [6.45, 7) is 2.12. The third-order valence-corrected chi connectivity index (χ3v) is 3.13. The van der Waals surface area contributed by atoms with Gasteiger partial charge < -0.3 is 0 Å². The van der Waals surface area contributed by atoms with Gasteiger partial charge in [0.2, 0.25) is 0 Å². The molecule has 0 spiro atoms. The Hall–Kier alpha value is 0.0200. The van der Waals surface area contributed by atoms with Crippen LogP contribution in [0.5, 0.6) is 0 Å². The molecule has 0 atom stereocenters. The normalized spacial score (nSPS) is 11.9. The van der Waals surface area contributed by atoms with E-state index in [0.717, 1.165) is 28.8 Å². The van der Waals surface area contributed by atoms with Crippen LogP contribution >= 0.6 is 39.1 Å². The van der Waals surface area contributed by atoms with Gasteiger partial charge in [-0.1, -0.05) is 56.8 Å². The average molecular weight is 308 g/mol. The van der Waals surface area contributed by atoms with Crippen molar-refractivity contribution in [2.45, 2.75) is 19.8 Å². The van der Waals surface area contributed by atoms with Gasteiger partial charge >= 0.3 is 0 Å². The third-order valence-electron chi connectivity index (χ3n) is 2.09. The van der Waals surface area contributed by atoms with Gasteiger partial charge in [-0.05, 0) is 37.5 Å². The highest BCUT2D eigenvalue weighted by atomic mass is 79.9. The van der Waals surface area contributed by atoms with Crippen LogP contribution in [0, 0.1) is 0 Å². The lowest BCUT2D eigenvalue weighted by molar-refractivity contribution is 1.10. The molecule has 0 nitrogen and oxygen atoms in total. The summed E-state index contributed by atoms with van der Waals surface area (Å²) in [5, 5.41) is 2.43. The molecule has 0 amide bonds. The molecule has 1 aromatic carbocycles. The van der Waals surface area contributed by atoms with E-state index in [-0.39, 0.29) is 0 Å². The van der Waals surface area contributed by atoms with Gasteiger partial charge in [0.05, 0.1) is 0 Å². The highest BCUT2D eigenvalue weighted by Gasteiger charge is 2.01. The van der Waals surface area contributed by atoms with Crippen LogP contribution in [0.1, 0.15) is 18.9 Å². The molecule has 0 N–H and O–H groups in total. The Labute approximate surface area is 109 Å². The number of benzene rings is 1. The van der Waals surface area contributed by atoms with E-state index in [1.807, 2.05) is 12.1 Å². The van der Waals surface area contributed by atoms with Gasteiger partial charge in [0.15, 0.2) is 0 Å². The molecule has 0 aromatic heterocycles. The molecule has 0 heterocycles. The van der Waals surface area contributed by atoms with Gasteiger partial charge in [-0.3, -0.25) is 0 Å². The number of halogens is 3. The summed E-state index contributed by atoms with van der Waals surface area (Å²) in [5.41, 5.74) is 2.46. The Kier molecular flexibility index (Phi) is 5.73. The predicted molar refractivity (Wildman–Crippen MR) is 72.3 cm³/mol. The Morgan fingerprint density at radius 2 is 2.13 bits per heavy atom. The van der Waals surface area contributed by atoms with E-state index in [1.54, 1.807) is 6.07 Å². The molecule has 0 saturated carbocycles. The number of allylic oxidation sites excluding steroid dienone is 2. The minimum atomic E-state index is 0.686. The SMILES string of the molecule is CC(=CCCBr)Cc1ccc(Cl)cc1Cl. The van der Waals surface area contributed by atoms with Crippen molar-refractivity contribution in [3.63, 3.8) is 0 Å². The summed E-state index contributed by atoms with van der Waals surface area (Å²) >= 11 is 15.3. The molecule has 15 heavy (non-hydrogen) atoms. The van der Waals surface area contributed by atoms with Crippen molar-refractivity contribution in [2.75, 3.05) is 5.33 Å². The minimum Gasteiger partial charge on any atom is -0.0925 e. The van der Waals surface area contributed by atoms with E-state index in [9.17, 15) is 0 Å². The third kappa shape index (κ3) is 4.58. The van der Waals surface area contributed by atoms with Gasteiger partial charge in [-0.15, -0.1) is 0 Å². The van der Waals surface area contributed by atoms with Crippen LogP contribution in [0.25, 0.3) is 0 Å². The second-order valence-electron chi connectivity index (χ2n) is 3.44. The maximum absolute atomic E-state index is 6.09. The molecule has 0 radical (unpaired) electrons. The second kappa shape index (κ2) is 6.57. The number of hydrogen-bond donors (Lipinski definition) is 0. The van der Waals surface area contributed by atoms with Crippen LogP contribution in [0.15, 0.2) is 29.8 Å². The topological polar surface area (TPSA) is 0 Å². The van der Waals surface area contributed by atoms with Crippen molar-refractivity contribution in [1.29, 1.82) is 0 Å². The van der Waals surface area contributed by atoms with E-state index in [4.69, 9.17) is 23.2 Å². The quantitative estimate of drug-likeness (QED) is 0.525. The Morgan fingerprint density at radius 3 is 2.73 bits per heavy atom. The molecule has 0 unspecified atom stereocenters. The largest absolute Gasteiger partial charge is 0.0925 e. The molecule has 0 bridgehead atoms. The molecular formula is C12H13BrCl2. The molecule has 0 fully saturated rings. The fourth-order valence-electron chi connectivity index (χ4n) is 1.34. The van der Waals surface area contributed by atoms with Gasteiger partial charge in [0.25, 0.3) is 0 Å². The fraction of sp³-hybridized carbons (Fsp3) is 0.333. The van der Waals surface area contributed by atoms with Crippen LogP contribution in [-0.2, 0) is 6.42 Å². The van der Waals surface area contributed by atoms with Crippen LogP contribution < -0.4 is 0 Å². The van der Waals surface area contributed by atoms with E-state index >= 15 is 0 Å². The summed E-state index contributed by atoms with van der Waals surface area (Å²) in [5.74, 6) is 0. The molecule has 0 aliphatic carbocycles. The summed E-state index contributed by atoms with van der Waals surface area (Å²) in [6.07, 6.45) is 4.17. The Bertz CT molecular complexity index is 359. The monoisotopic (exact) mass is 306 g/mol. The first-order valence-electron chi connectivity index (χ1n) is 4.79. The Morgan fingerprint density at radius 1 is 1.40 bits per heavy atom. The lowest BCUT2D eigenvalue weighted by Gasteiger charge is -2.05. The maximum Gasteiger partial charge on any atom is 0.0456 e. The summed E-state index contributed by atoms with van der Waals surface area (Å²) < 4.78 is 0. The molecule has 0 aliphatic rings. The first kappa shape index (κ1) is 13.1.